The van der Waals surface area contributed by atoms with Crippen LogP contribution in [0.2, 0.25) is 0 Å². The predicted molar refractivity (Wildman–Crippen MR) is 95.5 cm³/mol. The van der Waals surface area contributed by atoms with Crippen LogP contribution in [0.1, 0.15) is 23.7 Å². The molecule has 1 atom stereocenters. The molecule has 7 nitrogen and oxygen atoms in total. The number of nitrogens with zero attached hydrogens (tertiary/aromatic N) is 1. The summed E-state index contributed by atoms with van der Waals surface area (Å²) in [7, 11) is 0. The van der Waals surface area contributed by atoms with E-state index in [0.717, 1.165) is 10.6 Å². The van der Waals surface area contributed by atoms with Gasteiger partial charge in [-0.2, -0.15) is 0 Å². The summed E-state index contributed by atoms with van der Waals surface area (Å²) in [6.45, 7) is 2.46. The molecule has 1 aliphatic heterocycles. The summed E-state index contributed by atoms with van der Waals surface area (Å²) in [4.78, 5) is 36.9. The highest BCUT2D eigenvalue weighted by Crippen LogP contribution is 2.26. The monoisotopic (exact) mass is 354 g/mol. The molecule has 0 aromatic heterocycles. The summed E-state index contributed by atoms with van der Waals surface area (Å²) in [5.41, 5.74) is 1.17. The molecular formula is C19H18N2O5. The smallest absolute Gasteiger partial charge is 0.335 e. The Morgan fingerprint density at radius 1 is 1.15 bits per heavy atom. The minimum Gasteiger partial charge on any atom is -0.494 e. The van der Waals surface area contributed by atoms with Crippen molar-refractivity contribution in [3.8, 4) is 5.75 Å². The molecule has 0 bridgehead atoms. The predicted octanol–water partition coefficient (Wildman–Crippen LogP) is 2.53. The van der Waals surface area contributed by atoms with E-state index in [0.29, 0.717) is 18.0 Å². The number of rotatable bonds is 6. The van der Waals surface area contributed by atoms with Crippen LogP contribution in [-0.4, -0.2) is 35.5 Å². The maximum Gasteiger partial charge on any atom is 0.335 e. The number of anilines is 2. The van der Waals surface area contributed by atoms with Crippen molar-refractivity contribution in [3.63, 3.8) is 0 Å². The molecule has 2 N–H and O–H groups in total. The summed E-state index contributed by atoms with van der Waals surface area (Å²) >= 11 is 0. The van der Waals surface area contributed by atoms with E-state index in [9.17, 15) is 14.4 Å². The number of carboxylic acids is 1. The number of nitrogens with one attached hydrogen (secondary N) is 1. The molecule has 0 aliphatic carbocycles. The van der Waals surface area contributed by atoms with Crippen LogP contribution in [0.5, 0.6) is 5.75 Å². The Morgan fingerprint density at radius 3 is 2.38 bits per heavy atom. The molecule has 3 rings (SSSR count). The van der Waals surface area contributed by atoms with Gasteiger partial charge in [-0.3, -0.25) is 9.59 Å². The molecule has 2 aromatic rings. The largest absolute Gasteiger partial charge is 0.494 e. The van der Waals surface area contributed by atoms with E-state index in [1.54, 1.807) is 24.3 Å². The van der Waals surface area contributed by atoms with Gasteiger partial charge < -0.3 is 15.2 Å². The van der Waals surface area contributed by atoms with Crippen molar-refractivity contribution in [2.24, 2.45) is 0 Å². The Morgan fingerprint density at radius 2 is 1.81 bits per heavy atom. The molecule has 134 valence electrons. The van der Waals surface area contributed by atoms with Gasteiger partial charge in [0.25, 0.3) is 5.91 Å². The van der Waals surface area contributed by atoms with Gasteiger partial charge in [-0.1, -0.05) is 0 Å². The number of hydrogen-bond donors (Lipinski definition) is 2. The molecule has 2 amide bonds. The second-order valence-corrected chi connectivity index (χ2v) is 5.78. The summed E-state index contributed by atoms with van der Waals surface area (Å²) in [5, 5.41) is 12.0. The lowest BCUT2D eigenvalue weighted by Gasteiger charge is -2.16. The molecule has 2 aromatic carbocycles. The minimum absolute atomic E-state index is 0.0345. The second-order valence-electron chi connectivity index (χ2n) is 5.78. The molecule has 7 heteroatoms. The van der Waals surface area contributed by atoms with Crippen molar-refractivity contribution in [2.75, 3.05) is 16.8 Å². The fourth-order valence-corrected chi connectivity index (χ4v) is 2.78. The van der Waals surface area contributed by atoms with Crippen LogP contribution in [0.15, 0.2) is 48.5 Å². The first-order valence-corrected chi connectivity index (χ1v) is 8.19. The highest BCUT2D eigenvalue weighted by atomic mass is 16.5. The van der Waals surface area contributed by atoms with Crippen LogP contribution in [-0.2, 0) is 9.59 Å². The molecule has 1 saturated heterocycles. The standard InChI is InChI=1S/C19H18N2O5/c1-2-26-15-9-5-13(6-10-15)20-16-11-17(22)21(18(16)23)14-7-3-12(4-8-14)19(24)25/h3-10,16,20H,2,11H2,1H3,(H,24,25)/t16-/m0/s1. The summed E-state index contributed by atoms with van der Waals surface area (Å²) in [6, 6.07) is 12.1. The second kappa shape index (κ2) is 7.26. The Bertz CT molecular complexity index is 830. The van der Waals surface area contributed by atoms with E-state index in [1.807, 2.05) is 6.92 Å². The number of benzene rings is 2. The van der Waals surface area contributed by atoms with Crippen LogP contribution in [0.4, 0.5) is 11.4 Å². The molecule has 0 saturated carbocycles. The lowest BCUT2D eigenvalue weighted by molar-refractivity contribution is -0.121. The lowest BCUT2D eigenvalue weighted by atomic mass is 10.2. The van der Waals surface area contributed by atoms with Gasteiger partial charge in [0.05, 0.1) is 24.3 Å². The van der Waals surface area contributed by atoms with Gasteiger partial charge in [0.2, 0.25) is 5.91 Å². The van der Waals surface area contributed by atoms with Crippen molar-refractivity contribution in [1.29, 1.82) is 0 Å². The van der Waals surface area contributed by atoms with Crippen LogP contribution >= 0.6 is 0 Å². The van der Waals surface area contributed by atoms with E-state index in [-0.39, 0.29) is 23.8 Å². The van der Waals surface area contributed by atoms with Crippen molar-refractivity contribution < 1.29 is 24.2 Å². The summed E-state index contributed by atoms with van der Waals surface area (Å²) in [5.74, 6) is -1.04. The Labute approximate surface area is 150 Å². The maximum atomic E-state index is 12.6. The molecule has 26 heavy (non-hydrogen) atoms. The number of carbonyl (C=O) groups excluding carboxylic acids is 2. The van der Waals surface area contributed by atoms with E-state index >= 15 is 0 Å². The van der Waals surface area contributed by atoms with Crippen LogP contribution in [0.3, 0.4) is 0 Å². The molecule has 1 aliphatic rings. The van der Waals surface area contributed by atoms with Crippen LogP contribution in [0.25, 0.3) is 0 Å². The number of ether oxygens (including phenoxy) is 1. The molecule has 0 radical (unpaired) electrons. The average molecular weight is 354 g/mol. The van der Waals surface area contributed by atoms with Crippen LogP contribution in [0, 0.1) is 0 Å². The summed E-state index contributed by atoms with van der Waals surface area (Å²) in [6.07, 6.45) is 0.0345. The number of carbonyl (C=O) groups is 3. The van der Waals surface area contributed by atoms with Gasteiger partial charge >= 0.3 is 5.97 Å². The van der Waals surface area contributed by atoms with E-state index in [4.69, 9.17) is 9.84 Å². The Balaban J connectivity index is 1.73. The zero-order valence-corrected chi connectivity index (χ0v) is 14.1. The maximum absolute atomic E-state index is 12.6. The van der Waals surface area contributed by atoms with Crippen molar-refractivity contribution >= 4 is 29.2 Å². The van der Waals surface area contributed by atoms with Gasteiger partial charge in [0.15, 0.2) is 0 Å². The van der Waals surface area contributed by atoms with Crippen molar-refractivity contribution in [3.05, 3.63) is 54.1 Å². The minimum atomic E-state index is -1.06. The zero-order valence-electron chi connectivity index (χ0n) is 14.1. The van der Waals surface area contributed by atoms with E-state index < -0.39 is 12.0 Å². The highest BCUT2D eigenvalue weighted by Gasteiger charge is 2.39. The fraction of sp³-hybridized carbons (Fsp3) is 0.211. The number of imide groups is 1. The summed E-state index contributed by atoms with van der Waals surface area (Å²) < 4.78 is 5.37. The fourth-order valence-electron chi connectivity index (χ4n) is 2.78. The molecule has 0 unspecified atom stereocenters. The average Bonchev–Trinajstić information content (AvgIpc) is 2.90. The number of hydrogen-bond acceptors (Lipinski definition) is 5. The number of aromatic carboxylic acids is 1. The Kier molecular flexibility index (Phi) is 4.88. The first kappa shape index (κ1) is 17.5. The first-order chi connectivity index (χ1) is 12.5. The molecule has 1 fully saturated rings. The van der Waals surface area contributed by atoms with Gasteiger partial charge in [-0.25, -0.2) is 9.69 Å². The number of carboxylic acid groups (broad SMARTS) is 1. The van der Waals surface area contributed by atoms with Crippen LogP contribution < -0.4 is 15.0 Å². The molecule has 0 spiro atoms. The van der Waals surface area contributed by atoms with Crippen molar-refractivity contribution in [2.45, 2.75) is 19.4 Å². The van der Waals surface area contributed by atoms with Gasteiger partial charge in [0.1, 0.15) is 11.8 Å². The topological polar surface area (TPSA) is 95.9 Å². The third-order valence-corrected chi connectivity index (χ3v) is 4.03. The van der Waals surface area contributed by atoms with Gasteiger partial charge in [-0.05, 0) is 55.5 Å². The van der Waals surface area contributed by atoms with E-state index in [1.165, 1.54) is 24.3 Å². The zero-order chi connectivity index (χ0) is 18.7. The first-order valence-electron chi connectivity index (χ1n) is 8.19. The quantitative estimate of drug-likeness (QED) is 0.774. The van der Waals surface area contributed by atoms with Gasteiger partial charge in [-0.15, -0.1) is 0 Å². The molecule has 1 heterocycles. The van der Waals surface area contributed by atoms with Crippen molar-refractivity contribution in [1.82, 2.24) is 0 Å². The normalized spacial score (nSPS) is 16.7. The van der Waals surface area contributed by atoms with E-state index in [2.05, 4.69) is 5.32 Å². The van der Waals surface area contributed by atoms with Gasteiger partial charge in [0, 0.05) is 5.69 Å². The Hall–Kier alpha value is -3.35. The lowest BCUT2D eigenvalue weighted by Crippen LogP contribution is -2.34. The SMILES string of the molecule is CCOc1ccc(N[C@H]2CC(=O)N(c3ccc(C(=O)O)cc3)C2=O)cc1. The molecular weight excluding hydrogens is 336 g/mol. The third-order valence-electron chi connectivity index (χ3n) is 4.03. The third kappa shape index (κ3) is 3.51. The number of amides is 2. The highest BCUT2D eigenvalue weighted by molar-refractivity contribution is 6.23.